The highest BCUT2D eigenvalue weighted by atomic mass is 16.3. The molecule has 1 heterocycles. The van der Waals surface area contributed by atoms with Crippen LogP contribution in [0.1, 0.15) is 34.9 Å². The number of benzene rings is 2. The van der Waals surface area contributed by atoms with Crippen molar-refractivity contribution in [2.75, 3.05) is 30.4 Å². The van der Waals surface area contributed by atoms with E-state index in [4.69, 9.17) is 5.11 Å². The van der Waals surface area contributed by atoms with Crippen LogP contribution in [-0.2, 0) is 0 Å². The van der Waals surface area contributed by atoms with Crippen molar-refractivity contribution < 1.29 is 9.90 Å². The van der Waals surface area contributed by atoms with Gasteiger partial charge in [-0.1, -0.05) is 24.3 Å². The highest BCUT2D eigenvalue weighted by molar-refractivity contribution is 6.02. The van der Waals surface area contributed by atoms with Gasteiger partial charge in [0.15, 0.2) is 0 Å². The Morgan fingerprint density at radius 1 is 1.16 bits per heavy atom. The Balaban J connectivity index is 1.65. The number of carbonyl (C=O) groups is 1. The van der Waals surface area contributed by atoms with E-state index in [2.05, 4.69) is 17.4 Å². The van der Waals surface area contributed by atoms with E-state index < -0.39 is 0 Å². The van der Waals surface area contributed by atoms with Gasteiger partial charge in [-0.15, -0.1) is 0 Å². The van der Waals surface area contributed by atoms with E-state index in [-0.39, 0.29) is 18.7 Å². The van der Waals surface area contributed by atoms with Crippen molar-refractivity contribution >= 4 is 17.3 Å². The normalized spacial score (nSPS) is 19.4. The smallest absolute Gasteiger partial charge is 0.258 e. The van der Waals surface area contributed by atoms with E-state index in [0.29, 0.717) is 12.6 Å². The fraction of sp³-hybridized carbons (Fsp3) is 0.350. The first kappa shape index (κ1) is 16.0. The third-order valence-electron chi connectivity index (χ3n) is 4.99. The number of carbonyl (C=O) groups excluding carboxylic acids is 1. The summed E-state index contributed by atoms with van der Waals surface area (Å²) in [5.74, 6) is 0.114. The zero-order chi connectivity index (χ0) is 17.4. The van der Waals surface area contributed by atoms with Crippen molar-refractivity contribution in [3.63, 3.8) is 0 Å². The molecule has 2 N–H and O–H groups in total. The van der Waals surface area contributed by atoms with Crippen molar-refractivity contribution in [2.45, 2.75) is 25.0 Å². The summed E-state index contributed by atoms with van der Waals surface area (Å²) in [7, 11) is 1.96. The molecule has 2 aliphatic rings. The van der Waals surface area contributed by atoms with Gasteiger partial charge in [0.25, 0.3) is 5.91 Å². The average molecular weight is 337 g/mol. The summed E-state index contributed by atoms with van der Waals surface area (Å²) >= 11 is 0. The quantitative estimate of drug-likeness (QED) is 0.881. The summed E-state index contributed by atoms with van der Waals surface area (Å²) in [6.45, 7) is 0.726. The van der Waals surface area contributed by atoms with Gasteiger partial charge < -0.3 is 20.2 Å². The van der Waals surface area contributed by atoms with Crippen LogP contribution >= 0.6 is 0 Å². The number of anilines is 2. The summed E-state index contributed by atoms with van der Waals surface area (Å²) in [5, 5.41) is 12.6. The van der Waals surface area contributed by atoms with E-state index in [1.807, 2.05) is 53.2 Å². The Morgan fingerprint density at radius 2 is 1.88 bits per heavy atom. The highest BCUT2D eigenvalue weighted by Gasteiger charge is 2.41. The van der Waals surface area contributed by atoms with Crippen LogP contribution in [0.3, 0.4) is 0 Å². The van der Waals surface area contributed by atoms with Gasteiger partial charge in [0.2, 0.25) is 0 Å². The highest BCUT2D eigenvalue weighted by Crippen LogP contribution is 2.40. The number of para-hydroxylation sites is 1. The molecule has 1 atom stereocenters. The molecule has 0 unspecified atom stereocenters. The van der Waals surface area contributed by atoms with Gasteiger partial charge in [-0.05, 0) is 42.7 Å². The topological polar surface area (TPSA) is 55.8 Å². The molecule has 2 aromatic carbocycles. The number of likely N-dealkylation sites (N-methyl/N-ethyl adjacent to an activating group) is 1. The van der Waals surface area contributed by atoms with Gasteiger partial charge >= 0.3 is 0 Å². The minimum atomic E-state index is -0.132. The Kier molecular flexibility index (Phi) is 4.09. The molecule has 5 heteroatoms. The second kappa shape index (κ2) is 6.41. The number of aliphatic hydroxyl groups excluding tert-OH is 1. The lowest BCUT2D eigenvalue weighted by Gasteiger charge is -2.38. The van der Waals surface area contributed by atoms with E-state index in [1.54, 1.807) is 0 Å². The molecule has 1 aliphatic carbocycles. The van der Waals surface area contributed by atoms with Crippen molar-refractivity contribution in [2.24, 2.45) is 0 Å². The Hall–Kier alpha value is -2.53. The van der Waals surface area contributed by atoms with Crippen molar-refractivity contribution in [3.05, 3.63) is 59.7 Å². The van der Waals surface area contributed by atoms with Crippen molar-refractivity contribution in [3.8, 4) is 0 Å². The summed E-state index contributed by atoms with van der Waals surface area (Å²) in [5.41, 5.74) is 3.79. The number of hydrogen-bond acceptors (Lipinski definition) is 4. The number of rotatable bonds is 5. The maximum Gasteiger partial charge on any atom is 0.258 e. The Morgan fingerprint density at radius 3 is 2.56 bits per heavy atom. The molecule has 1 fully saturated rings. The number of aliphatic hydroxyl groups is 1. The first-order chi connectivity index (χ1) is 12.2. The van der Waals surface area contributed by atoms with Crippen LogP contribution in [0.15, 0.2) is 48.5 Å². The van der Waals surface area contributed by atoms with Gasteiger partial charge in [0.05, 0.1) is 12.2 Å². The summed E-state index contributed by atoms with van der Waals surface area (Å²) in [4.78, 5) is 17.0. The van der Waals surface area contributed by atoms with E-state index in [1.165, 1.54) is 0 Å². The number of amides is 1. The number of hydrogen-bond donors (Lipinski definition) is 2. The fourth-order valence-electron chi connectivity index (χ4n) is 3.43. The molecule has 0 spiro atoms. The van der Waals surface area contributed by atoms with E-state index in [0.717, 1.165) is 35.3 Å². The minimum absolute atomic E-state index is 0.114. The third kappa shape index (κ3) is 2.96. The molecule has 0 saturated heterocycles. The predicted molar refractivity (Wildman–Crippen MR) is 98.8 cm³/mol. The SMILES string of the molecule is CN(CCO)c1ccc([C@@H]2Nc3ccccc3C(=O)N2C2CC2)cc1. The molecule has 130 valence electrons. The zero-order valence-electron chi connectivity index (χ0n) is 14.4. The zero-order valence-corrected chi connectivity index (χ0v) is 14.4. The lowest BCUT2D eigenvalue weighted by Crippen LogP contribution is -2.44. The van der Waals surface area contributed by atoms with Crippen LogP contribution in [0.2, 0.25) is 0 Å². The standard InChI is InChI=1S/C20H23N3O2/c1-22(12-13-24)15-8-6-14(7-9-15)19-21-18-5-3-2-4-17(18)20(25)23(19)16-10-11-16/h2-9,16,19,21,24H,10-13H2,1H3/t19-/m1/s1. The monoisotopic (exact) mass is 337 g/mol. The fourth-order valence-corrected chi connectivity index (χ4v) is 3.43. The van der Waals surface area contributed by atoms with Gasteiger partial charge in [-0.2, -0.15) is 0 Å². The largest absolute Gasteiger partial charge is 0.395 e. The van der Waals surface area contributed by atoms with E-state index in [9.17, 15) is 4.79 Å². The van der Waals surface area contributed by atoms with E-state index >= 15 is 0 Å². The second-order valence-corrected chi connectivity index (χ2v) is 6.77. The van der Waals surface area contributed by atoms with Crippen LogP contribution in [-0.4, -0.2) is 42.2 Å². The Labute approximate surface area is 147 Å². The number of nitrogens with one attached hydrogen (secondary N) is 1. The molecular weight excluding hydrogens is 314 g/mol. The molecule has 1 amide bonds. The van der Waals surface area contributed by atoms with Gasteiger partial charge in [-0.25, -0.2) is 0 Å². The van der Waals surface area contributed by atoms with Crippen molar-refractivity contribution in [1.29, 1.82) is 0 Å². The first-order valence-electron chi connectivity index (χ1n) is 8.79. The van der Waals surface area contributed by atoms with Crippen LogP contribution in [0.25, 0.3) is 0 Å². The molecule has 25 heavy (non-hydrogen) atoms. The first-order valence-corrected chi connectivity index (χ1v) is 8.79. The molecule has 0 bridgehead atoms. The number of fused-ring (bicyclic) bond motifs is 1. The molecule has 0 radical (unpaired) electrons. The summed E-state index contributed by atoms with van der Waals surface area (Å²) < 4.78 is 0. The summed E-state index contributed by atoms with van der Waals surface area (Å²) in [6.07, 6.45) is 2.01. The molecule has 4 rings (SSSR count). The molecule has 0 aromatic heterocycles. The van der Waals surface area contributed by atoms with Gasteiger partial charge in [0, 0.05) is 31.0 Å². The predicted octanol–water partition coefficient (Wildman–Crippen LogP) is 2.84. The molecule has 1 aliphatic heterocycles. The molecule has 1 saturated carbocycles. The van der Waals surface area contributed by atoms with Gasteiger partial charge in [-0.3, -0.25) is 4.79 Å². The summed E-state index contributed by atoms with van der Waals surface area (Å²) in [6, 6.07) is 16.3. The maximum absolute atomic E-state index is 13.0. The molecule has 5 nitrogen and oxygen atoms in total. The van der Waals surface area contributed by atoms with Gasteiger partial charge in [0.1, 0.15) is 6.17 Å². The van der Waals surface area contributed by atoms with Crippen LogP contribution in [0, 0.1) is 0 Å². The number of nitrogens with zero attached hydrogens (tertiary/aromatic N) is 2. The minimum Gasteiger partial charge on any atom is -0.395 e. The van der Waals surface area contributed by atoms with Crippen LogP contribution < -0.4 is 10.2 Å². The second-order valence-electron chi connectivity index (χ2n) is 6.77. The third-order valence-corrected chi connectivity index (χ3v) is 4.99. The Bertz CT molecular complexity index is 771. The van der Waals surface area contributed by atoms with Crippen molar-refractivity contribution in [1.82, 2.24) is 4.90 Å². The van der Waals surface area contributed by atoms with Crippen LogP contribution in [0.4, 0.5) is 11.4 Å². The molecule has 2 aromatic rings. The lowest BCUT2D eigenvalue weighted by atomic mass is 10.0. The maximum atomic E-state index is 13.0. The lowest BCUT2D eigenvalue weighted by molar-refractivity contribution is 0.0666. The average Bonchev–Trinajstić information content (AvgIpc) is 3.47. The molecular formula is C20H23N3O2. The van der Waals surface area contributed by atoms with Crippen LogP contribution in [0.5, 0.6) is 0 Å².